The number of rotatable bonds is 7. The van der Waals surface area contributed by atoms with Crippen molar-refractivity contribution in [3.05, 3.63) is 39.4 Å². The van der Waals surface area contributed by atoms with Crippen molar-refractivity contribution in [1.82, 2.24) is 5.32 Å². The SMILES string of the molecule is Cc1ccc(CNCCCS(N)(=O)=O)cc1[N+](=O)[O-]. The zero-order valence-electron chi connectivity index (χ0n) is 10.6. The quantitative estimate of drug-likeness (QED) is 0.434. The Morgan fingerprint density at radius 2 is 2.11 bits per heavy atom. The molecule has 3 N–H and O–H groups in total. The monoisotopic (exact) mass is 287 g/mol. The van der Waals surface area contributed by atoms with Crippen LogP contribution in [0.25, 0.3) is 0 Å². The fourth-order valence-electron chi connectivity index (χ4n) is 1.59. The molecule has 0 saturated heterocycles. The van der Waals surface area contributed by atoms with Crippen molar-refractivity contribution >= 4 is 15.7 Å². The zero-order chi connectivity index (χ0) is 14.5. The van der Waals surface area contributed by atoms with Crippen LogP contribution in [0.15, 0.2) is 18.2 Å². The molecule has 0 spiro atoms. The average Bonchev–Trinajstić information content (AvgIpc) is 2.29. The van der Waals surface area contributed by atoms with Crippen LogP contribution in [0, 0.1) is 17.0 Å². The summed E-state index contributed by atoms with van der Waals surface area (Å²) in [5.74, 6) is -0.0754. The minimum Gasteiger partial charge on any atom is -0.313 e. The molecule has 0 unspecified atom stereocenters. The number of nitrogens with two attached hydrogens (primary N) is 1. The summed E-state index contributed by atoms with van der Waals surface area (Å²) in [6.07, 6.45) is 0.410. The Kier molecular flexibility index (Phi) is 5.40. The second kappa shape index (κ2) is 6.60. The third kappa shape index (κ3) is 5.77. The van der Waals surface area contributed by atoms with E-state index in [-0.39, 0.29) is 11.4 Å². The fraction of sp³-hybridized carbons (Fsp3) is 0.455. The molecular weight excluding hydrogens is 270 g/mol. The molecule has 8 heteroatoms. The van der Waals surface area contributed by atoms with Gasteiger partial charge in [-0.3, -0.25) is 10.1 Å². The van der Waals surface area contributed by atoms with Gasteiger partial charge >= 0.3 is 0 Å². The van der Waals surface area contributed by atoms with E-state index in [1.165, 1.54) is 6.07 Å². The predicted molar refractivity (Wildman–Crippen MR) is 72.1 cm³/mol. The lowest BCUT2D eigenvalue weighted by molar-refractivity contribution is -0.385. The molecule has 0 atom stereocenters. The Bertz CT molecular complexity index is 557. The van der Waals surface area contributed by atoms with Gasteiger partial charge < -0.3 is 5.32 Å². The predicted octanol–water partition coefficient (Wildman–Crippen LogP) is 0.671. The summed E-state index contributed by atoms with van der Waals surface area (Å²) in [5, 5.41) is 18.7. The molecule has 0 aliphatic rings. The van der Waals surface area contributed by atoms with E-state index in [4.69, 9.17) is 5.14 Å². The first-order valence-corrected chi connectivity index (χ1v) is 7.46. The van der Waals surface area contributed by atoms with Crippen LogP contribution >= 0.6 is 0 Å². The minimum atomic E-state index is -3.42. The number of benzene rings is 1. The number of sulfonamides is 1. The molecule has 0 aliphatic heterocycles. The second-order valence-corrected chi connectivity index (χ2v) is 6.01. The average molecular weight is 287 g/mol. The van der Waals surface area contributed by atoms with E-state index >= 15 is 0 Å². The van der Waals surface area contributed by atoms with Crippen LogP contribution in [0.1, 0.15) is 17.5 Å². The van der Waals surface area contributed by atoms with Crippen LogP contribution in [0.5, 0.6) is 0 Å². The van der Waals surface area contributed by atoms with E-state index in [1.807, 2.05) is 0 Å². The van der Waals surface area contributed by atoms with E-state index in [0.29, 0.717) is 25.1 Å². The van der Waals surface area contributed by atoms with Crippen LogP contribution in [0.4, 0.5) is 5.69 Å². The molecule has 1 rings (SSSR count). The number of hydrogen-bond donors (Lipinski definition) is 2. The Hall–Kier alpha value is -1.51. The highest BCUT2D eigenvalue weighted by molar-refractivity contribution is 7.89. The van der Waals surface area contributed by atoms with Crippen molar-refractivity contribution in [1.29, 1.82) is 0 Å². The van der Waals surface area contributed by atoms with Crippen molar-refractivity contribution in [2.24, 2.45) is 5.14 Å². The molecule has 0 bridgehead atoms. The molecule has 0 fully saturated rings. The van der Waals surface area contributed by atoms with Gasteiger partial charge in [-0.2, -0.15) is 0 Å². The van der Waals surface area contributed by atoms with Crippen molar-refractivity contribution in [2.75, 3.05) is 12.3 Å². The van der Waals surface area contributed by atoms with Crippen LogP contribution < -0.4 is 10.5 Å². The van der Waals surface area contributed by atoms with Gasteiger partial charge in [0, 0.05) is 18.2 Å². The number of nitrogens with zero attached hydrogens (tertiary/aromatic N) is 1. The summed E-state index contributed by atoms with van der Waals surface area (Å²) in [5.41, 5.74) is 1.49. The van der Waals surface area contributed by atoms with Gasteiger partial charge in [0.15, 0.2) is 0 Å². The smallest absolute Gasteiger partial charge is 0.272 e. The summed E-state index contributed by atoms with van der Waals surface area (Å²) >= 11 is 0. The minimum absolute atomic E-state index is 0.0754. The second-order valence-electron chi connectivity index (χ2n) is 4.28. The van der Waals surface area contributed by atoms with E-state index in [9.17, 15) is 18.5 Å². The van der Waals surface area contributed by atoms with Crippen LogP contribution in [-0.4, -0.2) is 25.6 Å². The van der Waals surface area contributed by atoms with E-state index in [0.717, 1.165) is 5.56 Å². The maximum Gasteiger partial charge on any atom is 0.272 e. The number of nitrogens with one attached hydrogen (secondary N) is 1. The first kappa shape index (κ1) is 15.5. The van der Waals surface area contributed by atoms with E-state index in [1.54, 1.807) is 19.1 Å². The fourth-order valence-corrected chi connectivity index (χ4v) is 2.14. The molecule has 1 aromatic carbocycles. The first-order chi connectivity index (χ1) is 8.79. The van der Waals surface area contributed by atoms with Crippen LogP contribution in [0.2, 0.25) is 0 Å². The molecule has 7 nitrogen and oxygen atoms in total. The molecule has 0 radical (unpaired) electrons. The normalized spacial score (nSPS) is 11.5. The van der Waals surface area contributed by atoms with Gasteiger partial charge in [-0.05, 0) is 25.5 Å². The molecule has 0 heterocycles. The highest BCUT2D eigenvalue weighted by Gasteiger charge is 2.10. The highest BCUT2D eigenvalue weighted by atomic mass is 32.2. The van der Waals surface area contributed by atoms with Gasteiger partial charge in [0.1, 0.15) is 0 Å². The topological polar surface area (TPSA) is 115 Å². The molecule has 1 aromatic rings. The molecule has 0 amide bonds. The van der Waals surface area contributed by atoms with Crippen molar-refractivity contribution < 1.29 is 13.3 Å². The summed E-state index contributed by atoms with van der Waals surface area (Å²) in [4.78, 5) is 10.3. The standard InChI is InChI=1S/C11H17N3O4S/c1-9-3-4-10(7-11(9)14(15)16)8-13-5-2-6-19(12,17)18/h3-4,7,13H,2,5-6,8H2,1H3,(H2,12,17,18). The number of hydrogen-bond acceptors (Lipinski definition) is 5. The van der Waals surface area contributed by atoms with Gasteiger partial charge in [-0.1, -0.05) is 12.1 Å². The zero-order valence-corrected chi connectivity index (χ0v) is 11.4. The lowest BCUT2D eigenvalue weighted by atomic mass is 10.1. The van der Waals surface area contributed by atoms with Crippen LogP contribution in [-0.2, 0) is 16.6 Å². The maximum atomic E-state index is 10.8. The third-order valence-corrected chi connectivity index (χ3v) is 3.44. The molecule has 0 aliphatic carbocycles. The summed E-state index contributed by atoms with van der Waals surface area (Å²) < 4.78 is 21.4. The molecule has 106 valence electrons. The largest absolute Gasteiger partial charge is 0.313 e. The highest BCUT2D eigenvalue weighted by Crippen LogP contribution is 2.18. The number of nitro benzene ring substituents is 1. The van der Waals surface area contributed by atoms with Crippen molar-refractivity contribution in [3.8, 4) is 0 Å². The van der Waals surface area contributed by atoms with Gasteiger partial charge in [-0.15, -0.1) is 0 Å². The summed E-state index contributed by atoms with van der Waals surface area (Å²) in [6.45, 7) is 2.62. The lowest BCUT2D eigenvalue weighted by Gasteiger charge is -2.05. The first-order valence-electron chi connectivity index (χ1n) is 5.75. The van der Waals surface area contributed by atoms with Gasteiger partial charge in [-0.25, -0.2) is 13.6 Å². The van der Waals surface area contributed by atoms with Crippen molar-refractivity contribution in [3.63, 3.8) is 0 Å². The summed E-state index contributed by atoms with van der Waals surface area (Å²) in [7, 11) is -3.42. The van der Waals surface area contributed by atoms with E-state index < -0.39 is 14.9 Å². The summed E-state index contributed by atoms with van der Waals surface area (Å²) in [6, 6.07) is 5.01. The molecule has 0 saturated carbocycles. The van der Waals surface area contributed by atoms with Crippen LogP contribution in [0.3, 0.4) is 0 Å². The number of primary sulfonamides is 1. The Balaban J connectivity index is 2.46. The van der Waals surface area contributed by atoms with Gasteiger partial charge in [0.05, 0.1) is 10.7 Å². The van der Waals surface area contributed by atoms with E-state index in [2.05, 4.69) is 5.32 Å². The van der Waals surface area contributed by atoms with Gasteiger partial charge in [0.25, 0.3) is 5.69 Å². The Morgan fingerprint density at radius 1 is 1.42 bits per heavy atom. The lowest BCUT2D eigenvalue weighted by Crippen LogP contribution is -2.22. The Labute approximate surface area is 112 Å². The third-order valence-electron chi connectivity index (χ3n) is 2.58. The Morgan fingerprint density at radius 3 is 2.68 bits per heavy atom. The number of aryl methyl sites for hydroxylation is 1. The van der Waals surface area contributed by atoms with Gasteiger partial charge in [0.2, 0.25) is 10.0 Å². The molecule has 0 aromatic heterocycles. The number of nitro groups is 1. The van der Waals surface area contributed by atoms with Crippen molar-refractivity contribution in [2.45, 2.75) is 19.9 Å². The molecule has 19 heavy (non-hydrogen) atoms. The maximum absolute atomic E-state index is 10.8. The molecular formula is C11H17N3O4S.